The van der Waals surface area contributed by atoms with Crippen LogP contribution in [0.15, 0.2) is 12.3 Å². The number of hydrogen-bond donors (Lipinski definition) is 1. The molecule has 0 aliphatic carbocycles. The van der Waals surface area contributed by atoms with Crippen molar-refractivity contribution in [1.29, 1.82) is 0 Å². The molecule has 0 unspecified atom stereocenters. The number of rotatable bonds is 2. The Labute approximate surface area is 92.2 Å². The molecule has 0 spiro atoms. The summed E-state index contributed by atoms with van der Waals surface area (Å²) in [5.41, 5.74) is 5.93. The maximum atomic E-state index is 10.8. The number of nitrogens with zero attached hydrogens (tertiary/aromatic N) is 1. The molecular weight excluding hydrogens is 216 g/mol. The van der Waals surface area contributed by atoms with E-state index in [9.17, 15) is 4.79 Å². The summed E-state index contributed by atoms with van der Waals surface area (Å²) in [5.74, 6) is -0.0387. The normalized spacial score (nSPS) is 9.47. The van der Waals surface area contributed by atoms with Crippen LogP contribution in [-0.4, -0.2) is 23.1 Å². The van der Waals surface area contributed by atoms with E-state index in [4.69, 9.17) is 27.4 Å². The van der Waals surface area contributed by atoms with Crippen molar-refractivity contribution in [1.82, 2.24) is 4.98 Å². The summed E-state index contributed by atoms with van der Waals surface area (Å²) in [5, 5.41) is 0.136. The van der Waals surface area contributed by atoms with E-state index in [0.29, 0.717) is 5.56 Å². The van der Waals surface area contributed by atoms with Gasteiger partial charge in [-0.1, -0.05) is 0 Å². The Morgan fingerprint density at radius 2 is 2.27 bits per heavy atom. The molecule has 0 amide bonds. The fourth-order valence-corrected chi connectivity index (χ4v) is 1.21. The van der Waals surface area contributed by atoms with Gasteiger partial charge in [-0.3, -0.25) is 4.79 Å². The van der Waals surface area contributed by atoms with Gasteiger partial charge in [-0.25, -0.2) is 4.98 Å². The van der Waals surface area contributed by atoms with E-state index in [2.05, 4.69) is 4.98 Å². The van der Waals surface area contributed by atoms with Gasteiger partial charge in [0.2, 0.25) is 0 Å². The summed E-state index contributed by atoms with van der Waals surface area (Å²) in [6.45, 7) is 1.29. The predicted molar refractivity (Wildman–Crippen MR) is 58.7 cm³/mol. The number of esters is 1. The molecule has 1 heterocycles. The first-order chi connectivity index (χ1) is 7.06. The molecule has 0 fully saturated rings. The van der Waals surface area contributed by atoms with Crippen molar-refractivity contribution in [3.05, 3.63) is 17.8 Å². The second-order valence-electron chi connectivity index (χ2n) is 2.65. The molecule has 0 aliphatic heterocycles. The van der Waals surface area contributed by atoms with E-state index in [1.54, 1.807) is 0 Å². The largest absolute Gasteiger partial charge is 0.486 e. The van der Waals surface area contributed by atoms with Crippen LogP contribution in [-0.2, 0) is 9.53 Å². The van der Waals surface area contributed by atoms with E-state index < -0.39 is 5.97 Å². The highest BCUT2D eigenvalue weighted by Gasteiger charge is 2.15. The van der Waals surface area contributed by atoms with E-state index in [1.165, 1.54) is 26.3 Å². The molecule has 5 nitrogen and oxygen atoms in total. The molecule has 2 N–H and O–H groups in total. The lowest BCUT2D eigenvalue weighted by atomic mass is 10.2. The Bertz CT molecular complexity index is 406. The number of ether oxygens (including phenoxy) is 2. The third kappa shape index (κ3) is 2.63. The predicted octanol–water partition coefficient (Wildman–Crippen LogP) is 0.911. The zero-order valence-electron chi connectivity index (χ0n) is 8.31. The van der Waals surface area contributed by atoms with Gasteiger partial charge in [-0.2, -0.15) is 0 Å². The van der Waals surface area contributed by atoms with Gasteiger partial charge in [-0.15, -0.1) is 0 Å². The maximum absolute atomic E-state index is 10.8. The molecule has 1 rings (SSSR count). The zero-order chi connectivity index (χ0) is 11.4. The fourth-order valence-electron chi connectivity index (χ4n) is 1.01. The molecule has 0 aromatic carbocycles. The van der Waals surface area contributed by atoms with E-state index in [0.717, 1.165) is 0 Å². The molecule has 1 aromatic rings. The number of anilines is 1. The van der Waals surface area contributed by atoms with E-state index in [1.807, 2.05) is 0 Å². The van der Waals surface area contributed by atoms with Crippen LogP contribution < -0.4 is 10.5 Å². The van der Waals surface area contributed by atoms with Gasteiger partial charge in [0.1, 0.15) is 17.1 Å². The van der Waals surface area contributed by atoms with Crippen LogP contribution in [0.4, 0.5) is 5.82 Å². The Balaban J connectivity index is 3.20. The summed E-state index contributed by atoms with van der Waals surface area (Å²) in [4.78, 5) is 14.7. The van der Waals surface area contributed by atoms with Crippen LogP contribution >= 0.6 is 12.2 Å². The molecule has 1 aromatic heterocycles. The molecule has 15 heavy (non-hydrogen) atoms. The highest BCUT2D eigenvalue weighted by molar-refractivity contribution is 7.80. The average Bonchev–Trinajstić information content (AvgIpc) is 2.16. The minimum Gasteiger partial charge on any atom is -0.486 e. The minimum absolute atomic E-state index is 0.136. The summed E-state index contributed by atoms with van der Waals surface area (Å²) in [6, 6.07) is 1.50. The highest BCUT2D eigenvalue weighted by atomic mass is 32.1. The van der Waals surface area contributed by atoms with Crippen molar-refractivity contribution >= 4 is 29.1 Å². The molecule has 0 aliphatic rings. The third-order valence-corrected chi connectivity index (χ3v) is 1.96. The number of carbonyl (C=O) groups is 1. The Hall–Kier alpha value is -1.69. The molecule has 0 saturated heterocycles. The second-order valence-corrected chi connectivity index (χ2v) is 3.03. The Morgan fingerprint density at radius 3 is 2.80 bits per heavy atom. The maximum Gasteiger partial charge on any atom is 0.308 e. The molecule has 6 heteroatoms. The molecule has 0 radical (unpaired) electrons. The zero-order valence-corrected chi connectivity index (χ0v) is 9.13. The standard InChI is InChI=1S/C9H10N2O3S/c1-5(12)14-6-3-4-11-8(10)7(6)9(15)13-2/h3-4H,1-2H3,(H2,10,11). The summed E-state index contributed by atoms with van der Waals surface area (Å²) >= 11 is 4.92. The molecule has 0 atom stereocenters. The Morgan fingerprint density at radius 1 is 1.60 bits per heavy atom. The van der Waals surface area contributed by atoms with Gasteiger partial charge >= 0.3 is 5.97 Å². The summed E-state index contributed by atoms with van der Waals surface area (Å²) in [6.07, 6.45) is 1.43. The first-order valence-electron chi connectivity index (χ1n) is 4.07. The Kier molecular flexibility index (Phi) is 3.56. The number of hydrogen-bond acceptors (Lipinski definition) is 6. The van der Waals surface area contributed by atoms with Crippen LogP contribution in [0.25, 0.3) is 0 Å². The van der Waals surface area contributed by atoms with Crippen LogP contribution in [0.2, 0.25) is 0 Å². The number of aromatic nitrogens is 1. The molecule has 0 bridgehead atoms. The van der Waals surface area contributed by atoms with Crippen LogP contribution in [0.5, 0.6) is 5.75 Å². The lowest BCUT2D eigenvalue weighted by Crippen LogP contribution is -2.11. The van der Waals surface area contributed by atoms with Gasteiger partial charge in [0.05, 0.1) is 7.11 Å². The fraction of sp³-hybridized carbons (Fsp3) is 0.222. The number of nitrogen functional groups attached to an aromatic ring is 1. The average molecular weight is 226 g/mol. The van der Waals surface area contributed by atoms with Gasteiger partial charge in [0.25, 0.3) is 0 Å². The monoisotopic (exact) mass is 226 g/mol. The quantitative estimate of drug-likeness (QED) is 0.597. The van der Waals surface area contributed by atoms with Crippen molar-refractivity contribution < 1.29 is 14.3 Å². The van der Waals surface area contributed by atoms with Crippen molar-refractivity contribution in [2.45, 2.75) is 6.92 Å². The lowest BCUT2D eigenvalue weighted by Gasteiger charge is -2.10. The molecule has 80 valence electrons. The number of methoxy groups -OCH3 is 1. The second kappa shape index (κ2) is 4.70. The van der Waals surface area contributed by atoms with Gasteiger partial charge in [-0.05, 0) is 12.2 Å². The minimum atomic E-state index is -0.458. The lowest BCUT2D eigenvalue weighted by molar-refractivity contribution is -0.131. The van der Waals surface area contributed by atoms with E-state index in [-0.39, 0.29) is 16.6 Å². The van der Waals surface area contributed by atoms with E-state index >= 15 is 0 Å². The number of pyridine rings is 1. The van der Waals surface area contributed by atoms with Crippen molar-refractivity contribution in [3.63, 3.8) is 0 Å². The number of nitrogens with two attached hydrogens (primary N) is 1. The van der Waals surface area contributed by atoms with Crippen LogP contribution in [0, 0.1) is 0 Å². The SMILES string of the molecule is COC(=S)c1c(OC(C)=O)ccnc1N. The van der Waals surface area contributed by atoms with Crippen molar-refractivity contribution in [3.8, 4) is 5.75 Å². The van der Waals surface area contributed by atoms with Crippen LogP contribution in [0.3, 0.4) is 0 Å². The molecular formula is C9H10N2O3S. The molecule has 0 saturated carbocycles. The third-order valence-electron chi connectivity index (χ3n) is 1.59. The van der Waals surface area contributed by atoms with Gasteiger partial charge in [0, 0.05) is 19.2 Å². The summed E-state index contributed by atoms with van der Waals surface area (Å²) < 4.78 is 9.78. The van der Waals surface area contributed by atoms with Crippen molar-refractivity contribution in [2.24, 2.45) is 0 Å². The van der Waals surface area contributed by atoms with Crippen molar-refractivity contribution in [2.75, 3.05) is 12.8 Å². The van der Waals surface area contributed by atoms with Gasteiger partial charge in [0.15, 0.2) is 5.05 Å². The summed E-state index contributed by atoms with van der Waals surface area (Å²) in [7, 11) is 1.41. The first-order valence-corrected chi connectivity index (χ1v) is 4.48. The number of carbonyl (C=O) groups excluding carboxylic acids is 1. The number of thiocarbonyl (C=S) groups is 1. The smallest absolute Gasteiger partial charge is 0.308 e. The van der Waals surface area contributed by atoms with Gasteiger partial charge < -0.3 is 15.2 Å². The highest BCUT2D eigenvalue weighted by Crippen LogP contribution is 2.23. The topological polar surface area (TPSA) is 74.4 Å². The van der Waals surface area contributed by atoms with Crippen LogP contribution in [0.1, 0.15) is 12.5 Å². The first kappa shape index (κ1) is 11.4.